The smallest absolute Gasteiger partial charge is 0.356 e. The van der Waals surface area contributed by atoms with Gasteiger partial charge in [-0.15, -0.1) is 0 Å². The Balaban J connectivity index is 2.10. The van der Waals surface area contributed by atoms with Crippen molar-refractivity contribution < 1.29 is 15.0 Å². The first-order valence-electron chi connectivity index (χ1n) is 8.15. The van der Waals surface area contributed by atoms with Crippen molar-refractivity contribution in [1.29, 1.82) is 5.26 Å². The highest BCUT2D eigenvalue weighted by Crippen LogP contribution is 2.32. The largest absolute Gasteiger partial charge is 0.507 e. The van der Waals surface area contributed by atoms with Crippen LogP contribution in [0.3, 0.4) is 0 Å². The fourth-order valence-electron chi connectivity index (χ4n) is 2.61. The second-order valence-electron chi connectivity index (χ2n) is 5.78. The summed E-state index contributed by atoms with van der Waals surface area (Å²) in [5.74, 6) is -1.62. The molecule has 3 aromatic carbocycles. The zero-order valence-electron chi connectivity index (χ0n) is 14.4. The van der Waals surface area contributed by atoms with Crippen LogP contribution in [0.15, 0.2) is 71.8 Å². The molecule has 0 saturated heterocycles. The third-order valence-corrected chi connectivity index (χ3v) is 4.18. The summed E-state index contributed by atoms with van der Waals surface area (Å²) >= 11 is 5.91. The van der Waals surface area contributed by atoms with Crippen LogP contribution in [0.4, 0.5) is 5.69 Å². The number of carboxylic acid groups (broad SMARTS) is 1. The summed E-state index contributed by atoms with van der Waals surface area (Å²) in [6.07, 6.45) is 0. The second kappa shape index (κ2) is 8.25. The maximum Gasteiger partial charge on any atom is 0.356 e. The van der Waals surface area contributed by atoms with Crippen LogP contribution >= 0.6 is 11.6 Å². The first-order chi connectivity index (χ1) is 13.5. The van der Waals surface area contributed by atoms with Gasteiger partial charge in [0.1, 0.15) is 17.4 Å². The van der Waals surface area contributed by atoms with Crippen molar-refractivity contribution in [3.05, 3.63) is 82.9 Å². The predicted octanol–water partition coefficient (Wildman–Crippen LogP) is 4.49. The number of hydrogen-bond donors (Lipinski definition) is 3. The summed E-state index contributed by atoms with van der Waals surface area (Å²) in [4.78, 5) is 11.7. The first-order valence-corrected chi connectivity index (χ1v) is 8.53. The molecule has 0 atom stereocenters. The van der Waals surface area contributed by atoms with Crippen LogP contribution in [0, 0.1) is 11.3 Å². The second-order valence-corrected chi connectivity index (χ2v) is 6.22. The topological polar surface area (TPSA) is 106 Å². The Labute approximate surface area is 166 Å². The number of para-hydroxylation sites is 1. The molecule has 0 aliphatic rings. The van der Waals surface area contributed by atoms with E-state index < -0.39 is 5.97 Å². The maximum atomic E-state index is 11.7. The van der Waals surface area contributed by atoms with Crippen molar-refractivity contribution in [3.63, 3.8) is 0 Å². The van der Waals surface area contributed by atoms with Gasteiger partial charge in [-0.25, -0.2) is 4.79 Å². The van der Waals surface area contributed by atoms with Crippen LogP contribution in [0.2, 0.25) is 5.02 Å². The molecule has 0 saturated carbocycles. The lowest BCUT2D eigenvalue weighted by molar-refractivity contribution is -0.129. The highest BCUT2D eigenvalue weighted by Gasteiger charge is 2.19. The molecule has 28 heavy (non-hydrogen) atoms. The SMILES string of the molecule is N#Cc1c(O)cc(/C(=N\Nc2ccccc2)C(=O)O)cc1-c1ccc(Cl)cc1. The van der Waals surface area contributed by atoms with Gasteiger partial charge in [-0.1, -0.05) is 41.9 Å². The number of carboxylic acids is 1. The number of halogens is 1. The highest BCUT2D eigenvalue weighted by atomic mass is 35.5. The molecule has 0 fully saturated rings. The Morgan fingerprint density at radius 3 is 2.36 bits per heavy atom. The summed E-state index contributed by atoms with van der Waals surface area (Å²) in [6.45, 7) is 0. The van der Waals surface area contributed by atoms with Gasteiger partial charge in [0.2, 0.25) is 0 Å². The molecule has 6 nitrogen and oxygen atoms in total. The predicted molar refractivity (Wildman–Crippen MR) is 108 cm³/mol. The van der Waals surface area contributed by atoms with Crippen LogP contribution in [0.5, 0.6) is 5.75 Å². The number of phenols is 1. The third kappa shape index (κ3) is 4.11. The molecule has 0 radical (unpaired) electrons. The molecule has 0 bridgehead atoms. The van der Waals surface area contributed by atoms with Gasteiger partial charge < -0.3 is 10.2 Å². The number of nitriles is 1. The van der Waals surface area contributed by atoms with Crippen LogP contribution in [0.1, 0.15) is 11.1 Å². The van der Waals surface area contributed by atoms with Crippen molar-refractivity contribution >= 4 is 29.0 Å². The molecule has 0 aromatic heterocycles. The molecule has 0 heterocycles. The number of benzene rings is 3. The first kappa shape index (κ1) is 19.0. The number of nitrogens with zero attached hydrogens (tertiary/aromatic N) is 2. The molecular formula is C21H14ClN3O3. The standard InChI is InChI=1S/C21H14ClN3O3/c22-15-8-6-13(7-9-15)17-10-14(11-19(26)18(17)12-23)20(21(27)28)25-24-16-4-2-1-3-5-16/h1-11,24,26H,(H,27,28)/b25-20+. The summed E-state index contributed by atoms with van der Waals surface area (Å²) < 4.78 is 0. The summed E-state index contributed by atoms with van der Waals surface area (Å²) in [7, 11) is 0. The molecule has 0 amide bonds. The van der Waals surface area contributed by atoms with Gasteiger partial charge in [0, 0.05) is 16.1 Å². The number of aliphatic carboxylic acids is 1. The van der Waals surface area contributed by atoms with E-state index in [-0.39, 0.29) is 22.6 Å². The number of hydrazone groups is 1. The minimum absolute atomic E-state index is 0.0341. The number of carbonyl (C=O) groups is 1. The lowest BCUT2D eigenvalue weighted by atomic mass is 9.95. The Morgan fingerprint density at radius 2 is 1.75 bits per heavy atom. The van der Waals surface area contributed by atoms with Gasteiger partial charge in [0.15, 0.2) is 5.71 Å². The average Bonchev–Trinajstić information content (AvgIpc) is 2.69. The molecule has 0 unspecified atom stereocenters. The molecule has 3 N–H and O–H groups in total. The van der Waals surface area contributed by atoms with E-state index >= 15 is 0 Å². The number of anilines is 1. The van der Waals surface area contributed by atoms with E-state index in [1.165, 1.54) is 12.1 Å². The normalized spacial score (nSPS) is 10.9. The van der Waals surface area contributed by atoms with Crippen molar-refractivity contribution in [3.8, 4) is 22.9 Å². The average molecular weight is 392 g/mol. The number of aromatic hydroxyl groups is 1. The van der Waals surface area contributed by atoms with E-state index in [0.29, 0.717) is 21.8 Å². The molecule has 0 spiro atoms. The zero-order chi connectivity index (χ0) is 20.1. The van der Waals surface area contributed by atoms with Gasteiger partial charge in [-0.05, 0) is 42.0 Å². The van der Waals surface area contributed by atoms with Gasteiger partial charge in [-0.3, -0.25) is 5.43 Å². The lowest BCUT2D eigenvalue weighted by Gasteiger charge is -2.11. The minimum Gasteiger partial charge on any atom is -0.507 e. The van der Waals surface area contributed by atoms with Crippen molar-refractivity contribution in [2.24, 2.45) is 5.10 Å². The van der Waals surface area contributed by atoms with E-state index in [1.807, 2.05) is 12.1 Å². The zero-order valence-corrected chi connectivity index (χ0v) is 15.2. The van der Waals surface area contributed by atoms with E-state index in [4.69, 9.17) is 11.6 Å². The van der Waals surface area contributed by atoms with Gasteiger partial charge in [0.05, 0.1) is 5.69 Å². The Kier molecular flexibility index (Phi) is 5.58. The number of hydrogen-bond acceptors (Lipinski definition) is 5. The molecule has 3 rings (SSSR count). The van der Waals surface area contributed by atoms with Crippen LogP contribution in [0.25, 0.3) is 11.1 Å². The monoisotopic (exact) mass is 391 g/mol. The molecule has 0 aliphatic carbocycles. The van der Waals surface area contributed by atoms with Gasteiger partial charge in [0.25, 0.3) is 0 Å². The van der Waals surface area contributed by atoms with E-state index in [1.54, 1.807) is 48.5 Å². The maximum absolute atomic E-state index is 11.7. The Bertz CT molecular complexity index is 1090. The van der Waals surface area contributed by atoms with E-state index in [9.17, 15) is 20.3 Å². The van der Waals surface area contributed by atoms with Crippen molar-refractivity contribution in [2.75, 3.05) is 5.43 Å². The quantitative estimate of drug-likeness (QED) is 0.439. The number of phenolic OH excluding ortho intramolecular Hbond substituents is 1. The minimum atomic E-state index is -1.28. The van der Waals surface area contributed by atoms with Crippen LogP contribution in [-0.2, 0) is 4.79 Å². The van der Waals surface area contributed by atoms with Gasteiger partial charge in [-0.2, -0.15) is 10.4 Å². The fraction of sp³-hybridized carbons (Fsp3) is 0. The molecule has 3 aromatic rings. The summed E-state index contributed by atoms with van der Waals surface area (Å²) in [5.41, 5.74) is 4.16. The van der Waals surface area contributed by atoms with E-state index in [0.717, 1.165) is 0 Å². The lowest BCUT2D eigenvalue weighted by Crippen LogP contribution is -2.16. The van der Waals surface area contributed by atoms with Crippen molar-refractivity contribution in [1.82, 2.24) is 0 Å². The number of rotatable bonds is 5. The van der Waals surface area contributed by atoms with Crippen LogP contribution < -0.4 is 5.43 Å². The number of nitrogens with one attached hydrogen (secondary N) is 1. The van der Waals surface area contributed by atoms with E-state index in [2.05, 4.69) is 10.5 Å². The molecule has 138 valence electrons. The molecule has 7 heteroatoms. The highest BCUT2D eigenvalue weighted by molar-refractivity contribution is 6.42. The Hall–Kier alpha value is -3.82. The van der Waals surface area contributed by atoms with Crippen molar-refractivity contribution in [2.45, 2.75) is 0 Å². The third-order valence-electron chi connectivity index (χ3n) is 3.93. The molecule has 0 aliphatic heterocycles. The summed E-state index contributed by atoms with van der Waals surface area (Å²) in [5, 5.41) is 33.8. The fourth-order valence-corrected chi connectivity index (χ4v) is 2.73. The Morgan fingerprint density at radius 1 is 1.07 bits per heavy atom. The summed E-state index contributed by atoms with van der Waals surface area (Å²) in [6, 6.07) is 20.2. The van der Waals surface area contributed by atoms with Gasteiger partial charge >= 0.3 is 5.97 Å². The molecular weight excluding hydrogens is 378 g/mol. The van der Waals surface area contributed by atoms with Crippen LogP contribution in [-0.4, -0.2) is 21.9 Å².